The predicted octanol–water partition coefficient (Wildman–Crippen LogP) is 2.20. The van der Waals surface area contributed by atoms with E-state index in [1.165, 1.54) is 24.3 Å². The molecule has 3 N–H and O–H groups in total. The Kier molecular flexibility index (Phi) is 5.11. The van der Waals surface area contributed by atoms with Gasteiger partial charge in [0.1, 0.15) is 0 Å². The van der Waals surface area contributed by atoms with Crippen molar-refractivity contribution in [2.24, 2.45) is 5.73 Å². The number of hydrogen-bond donors (Lipinski definition) is 2. The number of pyridine rings is 1. The largest absolute Gasteiger partial charge is 0.366 e. The number of hydrogen-bond acceptors (Lipinski definition) is 5. The zero-order valence-corrected chi connectivity index (χ0v) is 15.8. The molecule has 0 aliphatic rings. The van der Waals surface area contributed by atoms with Crippen LogP contribution in [-0.4, -0.2) is 38.3 Å². The van der Waals surface area contributed by atoms with Crippen LogP contribution in [0, 0.1) is 0 Å². The van der Waals surface area contributed by atoms with Crippen molar-refractivity contribution < 1.29 is 13.2 Å². The normalized spacial score (nSPS) is 11.7. The fourth-order valence-electron chi connectivity index (χ4n) is 2.70. The van der Waals surface area contributed by atoms with E-state index in [1.807, 2.05) is 37.2 Å². The lowest BCUT2D eigenvalue weighted by molar-refractivity contribution is 0.1000. The molecule has 0 unspecified atom stereocenters. The number of fused-ring (bicyclic) bond motifs is 1. The van der Waals surface area contributed by atoms with Gasteiger partial charge in [-0.1, -0.05) is 24.3 Å². The molecule has 0 atom stereocenters. The van der Waals surface area contributed by atoms with Crippen LogP contribution in [-0.2, 0) is 16.6 Å². The minimum absolute atomic E-state index is 0.0414. The van der Waals surface area contributed by atoms with Gasteiger partial charge in [0.15, 0.2) is 0 Å². The molecule has 0 radical (unpaired) electrons. The number of sulfonamides is 1. The van der Waals surface area contributed by atoms with Crippen molar-refractivity contribution >= 4 is 32.5 Å². The SMILES string of the molecule is CN(C)Cc1ccc2cccc(NS(=O)(=O)c3cccc(C(N)=O)c3)c2n1. The topological polar surface area (TPSA) is 105 Å². The quantitative estimate of drug-likeness (QED) is 0.678. The van der Waals surface area contributed by atoms with Gasteiger partial charge in [0.2, 0.25) is 5.91 Å². The molecule has 0 fully saturated rings. The number of aromatic nitrogens is 1. The number of carbonyl (C=O) groups excluding carboxylic acids is 1. The molecule has 1 amide bonds. The average Bonchev–Trinajstić information content (AvgIpc) is 2.61. The van der Waals surface area contributed by atoms with E-state index in [0.29, 0.717) is 17.7 Å². The van der Waals surface area contributed by atoms with E-state index >= 15 is 0 Å². The molecule has 0 saturated heterocycles. The van der Waals surface area contributed by atoms with Gasteiger partial charge in [-0.25, -0.2) is 13.4 Å². The monoisotopic (exact) mass is 384 g/mol. The van der Waals surface area contributed by atoms with E-state index in [2.05, 4.69) is 9.71 Å². The lowest BCUT2D eigenvalue weighted by Gasteiger charge is -2.13. The van der Waals surface area contributed by atoms with E-state index < -0.39 is 15.9 Å². The first-order chi connectivity index (χ1) is 12.8. The number of primary amides is 1. The molecule has 8 heteroatoms. The molecular weight excluding hydrogens is 364 g/mol. The molecule has 0 aliphatic heterocycles. The van der Waals surface area contributed by atoms with Crippen LogP contribution in [0.2, 0.25) is 0 Å². The standard InChI is InChI=1S/C19H20N4O3S/c1-23(2)12-15-10-9-13-5-4-8-17(18(13)21-15)22-27(25,26)16-7-3-6-14(11-16)19(20)24/h3-11,22H,12H2,1-2H3,(H2,20,24). The summed E-state index contributed by atoms with van der Waals surface area (Å²) in [5.41, 5.74) is 7.13. The number of nitrogens with zero attached hydrogens (tertiary/aromatic N) is 2. The molecule has 3 aromatic rings. The maximum absolute atomic E-state index is 12.8. The lowest BCUT2D eigenvalue weighted by atomic mass is 10.2. The highest BCUT2D eigenvalue weighted by atomic mass is 32.2. The number of nitrogens with one attached hydrogen (secondary N) is 1. The highest BCUT2D eigenvalue weighted by Crippen LogP contribution is 2.25. The maximum atomic E-state index is 12.8. The van der Waals surface area contributed by atoms with Crippen molar-refractivity contribution in [2.45, 2.75) is 11.4 Å². The lowest BCUT2D eigenvalue weighted by Crippen LogP contribution is -2.16. The van der Waals surface area contributed by atoms with Crippen molar-refractivity contribution in [3.8, 4) is 0 Å². The van der Waals surface area contributed by atoms with Crippen LogP contribution in [0.1, 0.15) is 16.1 Å². The molecule has 27 heavy (non-hydrogen) atoms. The third-order valence-electron chi connectivity index (χ3n) is 3.93. The molecule has 0 spiro atoms. The highest BCUT2D eigenvalue weighted by molar-refractivity contribution is 7.92. The Morgan fingerprint density at radius 3 is 2.56 bits per heavy atom. The zero-order chi connectivity index (χ0) is 19.6. The summed E-state index contributed by atoms with van der Waals surface area (Å²) in [5.74, 6) is -0.688. The first kappa shape index (κ1) is 18.8. The van der Waals surface area contributed by atoms with Gasteiger partial charge in [-0.15, -0.1) is 0 Å². The van der Waals surface area contributed by atoms with Crippen molar-refractivity contribution in [1.82, 2.24) is 9.88 Å². The third-order valence-corrected chi connectivity index (χ3v) is 5.29. The second-order valence-corrected chi connectivity index (χ2v) is 8.10. The molecule has 7 nitrogen and oxygen atoms in total. The van der Waals surface area contributed by atoms with Crippen molar-refractivity contribution in [2.75, 3.05) is 18.8 Å². The Balaban J connectivity index is 2.02. The predicted molar refractivity (Wildman–Crippen MR) is 105 cm³/mol. The molecule has 1 aromatic heterocycles. The summed E-state index contributed by atoms with van der Waals surface area (Å²) in [7, 11) is -0.0315. The molecular formula is C19H20N4O3S. The Hall–Kier alpha value is -2.97. The van der Waals surface area contributed by atoms with Crippen molar-refractivity contribution in [1.29, 1.82) is 0 Å². The second kappa shape index (κ2) is 7.34. The average molecular weight is 384 g/mol. The number of carbonyl (C=O) groups is 1. The van der Waals surface area contributed by atoms with Crippen molar-refractivity contribution in [3.05, 3.63) is 65.9 Å². The highest BCUT2D eigenvalue weighted by Gasteiger charge is 2.17. The molecule has 1 heterocycles. The second-order valence-electron chi connectivity index (χ2n) is 6.42. The van der Waals surface area contributed by atoms with Gasteiger partial charge in [0.25, 0.3) is 10.0 Å². The summed E-state index contributed by atoms with van der Waals surface area (Å²) in [4.78, 5) is 17.9. The smallest absolute Gasteiger partial charge is 0.261 e. The van der Waals surface area contributed by atoms with Crippen LogP contribution in [0.3, 0.4) is 0 Å². The minimum Gasteiger partial charge on any atom is -0.366 e. The Morgan fingerprint density at radius 2 is 1.85 bits per heavy atom. The molecule has 0 bridgehead atoms. The Labute approximate surface area is 157 Å². The molecule has 3 rings (SSSR count). The van der Waals surface area contributed by atoms with E-state index in [1.54, 1.807) is 12.1 Å². The number of rotatable bonds is 6. The van der Waals surface area contributed by atoms with Gasteiger partial charge in [-0.3, -0.25) is 9.52 Å². The maximum Gasteiger partial charge on any atom is 0.261 e. The van der Waals surface area contributed by atoms with E-state index in [0.717, 1.165) is 11.1 Å². The number of amides is 1. The van der Waals surface area contributed by atoms with Gasteiger partial charge in [-0.2, -0.15) is 0 Å². The number of nitrogens with two attached hydrogens (primary N) is 1. The van der Waals surface area contributed by atoms with E-state index in [9.17, 15) is 13.2 Å². The van der Waals surface area contributed by atoms with Crippen LogP contribution in [0.4, 0.5) is 5.69 Å². The molecule has 2 aromatic carbocycles. The van der Waals surface area contributed by atoms with Crippen LogP contribution < -0.4 is 10.5 Å². The molecule has 0 aliphatic carbocycles. The van der Waals surface area contributed by atoms with Gasteiger partial charge in [0.05, 0.1) is 21.8 Å². The summed E-state index contributed by atoms with van der Waals surface area (Å²) >= 11 is 0. The van der Waals surface area contributed by atoms with Gasteiger partial charge in [0, 0.05) is 17.5 Å². The summed E-state index contributed by atoms with van der Waals surface area (Å²) in [5, 5.41) is 0.823. The Morgan fingerprint density at radius 1 is 1.11 bits per heavy atom. The van der Waals surface area contributed by atoms with Gasteiger partial charge in [-0.05, 0) is 44.4 Å². The molecule has 0 saturated carbocycles. The van der Waals surface area contributed by atoms with Crippen LogP contribution in [0.25, 0.3) is 10.9 Å². The zero-order valence-electron chi connectivity index (χ0n) is 15.0. The summed E-state index contributed by atoms with van der Waals surface area (Å²) in [6.45, 7) is 0.637. The van der Waals surface area contributed by atoms with E-state index in [4.69, 9.17) is 5.73 Å². The van der Waals surface area contributed by atoms with Crippen LogP contribution in [0.5, 0.6) is 0 Å². The Bertz CT molecular complexity index is 1110. The number of para-hydroxylation sites is 1. The summed E-state index contributed by atoms with van der Waals surface area (Å²) in [6.07, 6.45) is 0. The molecule has 140 valence electrons. The number of benzene rings is 2. The minimum atomic E-state index is -3.90. The first-order valence-corrected chi connectivity index (χ1v) is 9.71. The summed E-state index contributed by atoms with van der Waals surface area (Å²) < 4.78 is 28.1. The fourth-order valence-corrected chi connectivity index (χ4v) is 3.81. The van der Waals surface area contributed by atoms with Crippen LogP contribution >= 0.6 is 0 Å². The number of anilines is 1. The first-order valence-electron chi connectivity index (χ1n) is 8.22. The van der Waals surface area contributed by atoms with Gasteiger partial charge < -0.3 is 10.6 Å². The van der Waals surface area contributed by atoms with Crippen LogP contribution in [0.15, 0.2) is 59.5 Å². The van der Waals surface area contributed by atoms with E-state index in [-0.39, 0.29) is 10.5 Å². The third kappa shape index (κ3) is 4.24. The fraction of sp³-hybridized carbons (Fsp3) is 0.158. The van der Waals surface area contributed by atoms with Gasteiger partial charge >= 0.3 is 0 Å². The van der Waals surface area contributed by atoms with Crippen molar-refractivity contribution in [3.63, 3.8) is 0 Å². The summed E-state index contributed by atoms with van der Waals surface area (Å²) in [6, 6.07) is 14.7.